The predicted molar refractivity (Wildman–Crippen MR) is 73.4 cm³/mol. The first-order valence-corrected chi connectivity index (χ1v) is 6.91. The van der Waals surface area contributed by atoms with Gasteiger partial charge in [-0.2, -0.15) is 4.37 Å². The quantitative estimate of drug-likeness (QED) is 0.939. The van der Waals surface area contributed by atoms with Gasteiger partial charge in [-0.05, 0) is 25.4 Å². The number of thiazole rings is 1. The Morgan fingerprint density at radius 1 is 1.37 bits per heavy atom. The van der Waals surface area contributed by atoms with Crippen LogP contribution in [0.5, 0.6) is 0 Å². The van der Waals surface area contributed by atoms with Crippen LogP contribution in [0.25, 0.3) is 0 Å². The molecule has 0 fully saturated rings. The number of rotatable bonds is 3. The summed E-state index contributed by atoms with van der Waals surface area (Å²) in [5.41, 5.74) is 0.481. The molecule has 2 heterocycles. The van der Waals surface area contributed by atoms with Gasteiger partial charge >= 0.3 is 5.97 Å². The zero-order valence-electron chi connectivity index (χ0n) is 10.5. The molecule has 0 aliphatic rings. The van der Waals surface area contributed by atoms with Gasteiger partial charge in [0.05, 0.1) is 16.9 Å². The summed E-state index contributed by atoms with van der Waals surface area (Å²) in [5.74, 6) is -1.36. The van der Waals surface area contributed by atoms with Gasteiger partial charge in [-0.15, -0.1) is 11.3 Å². The topological polar surface area (TPSA) is 83.4 Å². The maximum absolute atomic E-state index is 12.2. The van der Waals surface area contributed by atoms with E-state index in [9.17, 15) is 9.59 Å². The standard InChI is InChI=1S/C11H11N3O3S2/c1-5-8(11(16)17)10(19-13-5)14(3)9(15)7-4-12-6(2)18-7/h4H,1-3H3,(H,16,17). The van der Waals surface area contributed by atoms with Gasteiger partial charge < -0.3 is 10.0 Å². The summed E-state index contributed by atoms with van der Waals surface area (Å²) in [6.45, 7) is 3.42. The van der Waals surface area contributed by atoms with Crippen molar-refractivity contribution in [3.8, 4) is 0 Å². The lowest BCUT2D eigenvalue weighted by Crippen LogP contribution is -2.26. The van der Waals surface area contributed by atoms with Crippen molar-refractivity contribution in [2.24, 2.45) is 0 Å². The average molecular weight is 297 g/mol. The van der Waals surface area contributed by atoms with Crippen LogP contribution in [0.15, 0.2) is 6.20 Å². The molecule has 2 aromatic heterocycles. The number of carbonyl (C=O) groups is 2. The molecule has 0 aliphatic carbocycles. The second-order valence-corrected chi connectivity index (χ2v) is 5.85. The van der Waals surface area contributed by atoms with Crippen molar-refractivity contribution in [2.45, 2.75) is 13.8 Å². The van der Waals surface area contributed by atoms with Crippen LogP contribution in [-0.2, 0) is 0 Å². The molecular weight excluding hydrogens is 286 g/mol. The molecule has 0 atom stereocenters. The molecule has 0 saturated heterocycles. The first kappa shape index (κ1) is 13.6. The number of hydrogen-bond donors (Lipinski definition) is 1. The summed E-state index contributed by atoms with van der Waals surface area (Å²) in [4.78, 5) is 29.2. The van der Waals surface area contributed by atoms with E-state index < -0.39 is 5.97 Å². The number of anilines is 1. The number of carbonyl (C=O) groups excluding carboxylic acids is 1. The van der Waals surface area contributed by atoms with Crippen LogP contribution in [0.4, 0.5) is 5.00 Å². The Morgan fingerprint density at radius 2 is 2.05 bits per heavy atom. The van der Waals surface area contributed by atoms with Crippen molar-refractivity contribution in [2.75, 3.05) is 11.9 Å². The largest absolute Gasteiger partial charge is 0.478 e. The Bertz CT molecular complexity index is 647. The molecular formula is C11H11N3O3S2. The van der Waals surface area contributed by atoms with Gasteiger partial charge in [0.1, 0.15) is 15.4 Å². The van der Waals surface area contributed by atoms with Gasteiger partial charge in [0.15, 0.2) is 0 Å². The van der Waals surface area contributed by atoms with Crippen molar-refractivity contribution >= 4 is 39.7 Å². The maximum Gasteiger partial charge on any atom is 0.340 e. The fraction of sp³-hybridized carbons (Fsp3) is 0.273. The predicted octanol–water partition coefficient (Wildman–Crippen LogP) is 2.19. The summed E-state index contributed by atoms with van der Waals surface area (Å²) in [5, 5.41) is 10.3. The highest BCUT2D eigenvalue weighted by Crippen LogP contribution is 2.29. The third kappa shape index (κ3) is 2.49. The minimum atomic E-state index is -1.08. The van der Waals surface area contributed by atoms with Gasteiger partial charge in [-0.1, -0.05) is 0 Å². The Morgan fingerprint density at radius 3 is 2.58 bits per heavy atom. The molecule has 2 rings (SSSR count). The molecule has 100 valence electrons. The van der Waals surface area contributed by atoms with Gasteiger partial charge in [-0.3, -0.25) is 4.79 Å². The van der Waals surface area contributed by atoms with Crippen molar-refractivity contribution in [1.82, 2.24) is 9.36 Å². The lowest BCUT2D eigenvalue weighted by molar-refractivity contribution is 0.0697. The number of amides is 1. The van der Waals surface area contributed by atoms with Gasteiger partial charge in [0, 0.05) is 7.05 Å². The molecule has 0 saturated carbocycles. The Balaban J connectivity index is 2.37. The highest BCUT2D eigenvalue weighted by atomic mass is 32.1. The monoisotopic (exact) mass is 297 g/mol. The van der Waals surface area contributed by atoms with E-state index in [0.29, 0.717) is 15.6 Å². The number of aromatic nitrogens is 2. The molecule has 0 aliphatic heterocycles. The number of aryl methyl sites for hydroxylation is 2. The molecule has 2 aromatic rings. The van der Waals surface area contributed by atoms with E-state index in [-0.39, 0.29) is 11.5 Å². The summed E-state index contributed by atoms with van der Waals surface area (Å²) in [6, 6.07) is 0. The van der Waals surface area contributed by atoms with Crippen LogP contribution in [0.1, 0.15) is 30.7 Å². The fourth-order valence-corrected chi connectivity index (χ4v) is 3.15. The SMILES string of the molecule is Cc1ncc(C(=O)N(C)c2snc(C)c2C(=O)O)s1. The Hall–Kier alpha value is -1.80. The van der Waals surface area contributed by atoms with Gasteiger partial charge in [0.2, 0.25) is 0 Å². The van der Waals surface area contributed by atoms with Crippen LogP contribution in [0.2, 0.25) is 0 Å². The van der Waals surface area contributed by atoms with Crippen LogP contribution in [0, 0.1) is 13.8 Å². The maximum atomic E-state index is 12.2. The van der Waals surface area contributed by atoms with Gasteiger partial charge in [0.25, 0.3) is 5.91 Å². The van der Waals surface area contributed by atoms with E-state index >= 15 is 0 Å². The van der Waals surface area contributed by atoms with E-state index in [1.807, 2.05) is 0 Å². The van der Waals surface area contributed by atoms with Crippen molar-refractivity contribution in [3.05, 3.63) is 27.3 Å². The van der Waals surface area contributed by atoms with E-state index in [0.717, 1.165) is 16.5 Å². The first-order valence-electron chi connectivity index (χ1n) is 5.32. The highest BCUT2D eigenvalue weighted by molar-refractivity contribution is 7.14. The second-order valence-electron chi connectivity index (χ2n) is 3.86. The molecule has 1 N–H and O–H groups in total. The molecule has 19 heavy (non-hydrogen) atoms. The Labute approximate surface area is 117 Å². The lowest BCUT2D eigenvalue weighted by Gasteiger charge is -2.14. The molecule has 8 heteroatoms. The molecule has 0 bridgehead atoms. The number of hydrogen-bond acceptors (Lipinski definition) is 6. The van der Waals surface area contributed by atoms with Gasteiger partial charge in [-0.25, -0.2) is 9.78 Å². The molecule has 0 spiro atoms. The molecule has 6 nitrogen and oxygen atoms in total. The number of carboxylic acid groups (broad SMARTS) is 1. The van der Waals surface area contributed by atoms with E-state index in [1.54, 1.807) is 13.8 Å². The summed E-state index contributed by atoms with van der Waals surface area (Å²) >= 11 is 2.28. The second kappa shape index (κ2) is 5.06. The minimum Gasteiger partial charge on any atom is -0.478 e. The van der Waals surface area contributed by atoms with Crippen LogP contribution >= 0.6 is 22.9 Å². The zero-order chi connectivity index (χ0) is 14.2. The summed E-state index contributed by atoms with van der Waals surface area (Å²) < 4.78 is 3.99. The van der Waals surface area contributed by atoms with Crippen molar-refractivity contribution in [1.29, 1.82) is 0 Å². The number of carboxylic acids is 1. The summed E-state index contributed by atoms with van der Waals surface area (Å²) in [7, 11) is 1.54. The van der Waals surface area contributed by atoms with E-state index in [2.05, 4.69) is 9.36 Å². The molecule has 0 unspecified atom stereocenters. The van der Waals surface area contributed by atoms with Crippen LogP contribution < -0.4 is 4.90 Å². The number of aromatic carboxylic acids is 1. The average Bonchev–Trinajstić information content (AvgIpc) is 2.93. The highest BCUT2D eigenvalue weighted by Gasteiger charge is 2.25. The number of nitrogens with zero attached hydrogens (tertiary/aromatic N) is 3. The zero-order valence-corrected chi connectivity index (χ0v) is 12.1. The lowest BCUT2D eigenvalue weighted by atomic mass is 10.2. The van der Waals surface area contributed by atoms with Crippen LogP contribution in [-0.4, -0.2) is 33.4 Å². The molecule has 0 radical (unpaired) electrons. The van der Waals surface area contributed by atoms with Crippen molar-refractivity contribution < 1.29 is 14.7 Å². The third-order valence-electron chi connectivity index (χ3n) is 2.50. The summed E-state index contributed by atoms with van der Waals surface area (Å²) in [6.07, 6.45) is 1.49. The third-order valence-corrected chi connectivity index (χ3v) is 4.42. The molecule has 0 aromatic carbocycles. The van der Waals surface area contributed by atoms with E-state index in [1.165, 1.54) is 29.5 Å². The minimum absolute atomic E-state index is 0.0714. The smallest absolute Gasteiger partial charge is 0.340 e. The van der Waals surface area contributed by atoms with E-state index in [4.69, 9.17) is 5.11 Å². The molecule has 1 amide bonds. The van der Waals surface area contributed by atoms with Crippen molar-refractivity contribution in [3.63, 3.8) is 0 Å². The first-order chi connectivity index (χ1) is 8.91. The van der Waals surface area contributed by atoms with Crippen LogP contribution in [0.3, 0.4) is 0 Å². The fourth-order valence-electron chi connectivity index (χ4n) is 1.55. The Kier molecular flexibility index (Phi) is 3.63. The normalized spacial score (nSPS) is 10.5.